The summed E-state index contributed by atoms with van der Waals surface area (Å²) in [5, 5.41) is 3.14. The lowest BCUT2D eigenvalue weighted by Gasteiger charge is -2.15. The highest BCUT2D eigenvalue weighted by Crippen LogP contribution is 2.62. The van der Waals surface area contributed by atoms with Gasteiger partial charge < -0.3 is 11.1 Å². The van der Waals surface area contributed by atoms with E-state index < -0.39 is 0 Å². The van der Waals surface area contributed by atoms with Gasteiger partial charge in [-0.3, -0.25) is 4.79 Å². The molecule has 3 atom stereocenters. The van der Waals surface area contributed by atoms with Crippen molar-refractivity contribution in [3.63, 3.8) is 0 Å². The van der Waals surface area contributed by atoms with Crippen LogP contribution in [0.15, 0.2) is 0 Å². The van der Waals surface area contributed by atoms with Gasteiger partial charge in [-0.25, -0.2) is 0 Å². The minimum atomic E-state index is -0.192. The second-order valence-corrected chi connectivity index (χ2v) is 4.24. The maximum absolute atomic E-state index is 10.9. The Morgan fingerprint density at radius 2 is 2.17 bits per heavy atom. The largest absolute Gasteiger partial charge is 0.368 e. The van der Waals surface area contributed by atoms with Crippen LogP contribution in [0, 0.1) is 17.3 Å². The van der Waals surface area contributed by atoms with Gasteiger partial charge in [0.15, 0.2) is 0 Å². The molecule has 0 aromatic carbocycles. The fourth-order valence-corrected chi connectivity index (χ4v) is 2.50. The van der Waals surface area contributed by atoms with E-state index in [4.69, 9.17) is 5.73 Å². The highest BCUT2D eigenvalue weighted by molar-refractivity contribution is 5.85. The molecule has 1 aliphatic heterocycles. The van der Waals surface area contributed by atoms with E-state index in [9.17, 15) is 4.79 Å². The number of fused-ring (bicyclic) bond motifs is 1. The first-order chi connectivity index (χ1) is 5.05. The summed E-state index contributed by atoms with van der Waals surface area (Å²) in [4.78, 5) is 10.9. The standard InChI is InChI=1S/C8H14N2O.ClH/c1-8(2)4-3-10-6(5(4)8)7(9)11;/h4-6,10H,3H2,1-2H3,(H2,9,11);1H. The summed E-state index contributed by atoms with van der Waals surface area (Å²) < 4.78 is 0. The Labute approximate surface area is 78.5 Å². The van der Waals surface area contributed by atoms with Crippen molar-refractivity contribution in [2.75, 3.05) is 6.54 Å². The molecule has 3 nitrogen and oxygen atoms in total. The summed E-state index contributed by atoms with van der Waals surface area (Å²) in [6.45, 7) is 5.38. The maximum Gasteiger partial charge on any atom is 0.234 e. The molecule has 0 bridgehead atoms. The Kier molecular flexibility index (Phi) is 2.13. The van der Waals surface area contributed by atoms with Crippen LogP contribution in [-0.2, 0) is 4.79 Å². The van der Waals surface area contributed by atoms with Crippen LogP contribution in [0.25, 0.3) is 0 Å². The highest BCUT2D eigenvalue weighted by Gasteiger charge is 2.65. The van der Waals surface area contributed by atoms with Crippen molar-refractivity contribution in [3.05, 3.63) is 0 Å². The van der Waals surface area contributed by atoms with Crippen molar-refractivity contribution in [2.45, 2.75) is 19.9 Å². The van der Waals surface area contributed by atoms with E-state index >= 15 is 0 Å². The van der Waals surface area contributed by atoms with Gasteiger partial charge in [0, 0.05) is 0 Å². The Bertz CT molecular complexity index is 217. The van der Waals surface area contributed by atoms with Gasteiger partial charge in [0.05, 0.1) is 6.04 Å². The minimum Gasteiger partial charge on any atom is -0.368 e. The molecule has 12 heavy (non-hydrogen) atoms. The van der Waals surface area contributed by atoms with Crippen molar-refractivity contribution in [3.8, 4) is 0 Å². The number of nitrogens with one attached hydrogen (secondary N) is 1. The molecule has 4 heteroatoms. The first-order valence-electron chi connectivity index (χ1n) is 4.08. The van der Waals surface area contributed by atoms with Crippen LogP contribution < -0.4 is 11.1 Å². The molecule has 2 aliphatic rings. The lowest BCUT2D eigenvalue weighted by molar-refractivity contribution is -0.120. The summed E-state index contributed by atoms with van der Waals surface area (Å²) in [6, 6.07) is -0.0602. The molecule has 0 aromatic heterocycles. The van der Waals surface area contributed by atoms with E-state index in [0.29, 0.717) is 17.3 Å². The molecule has 70 valence electrons. The van der Waals surface area contributed by atoms with E-state index in [1.807, 2.05) is 0 Å². The second-order valence-electron chi connectivity index (χ2n) is 4.24. The number of nitrogens with two attached hydrogens (primary N) is 1. The van der Waals surface area contributed by atoms with E-state index in [-0.39, 0.29) is 24.4 Å². The van der Waals surface area contributed by atoms with Crippen LogP contribution >= 0.6 is 12.4 Å². The fraction of sp³-hybridized carbons (Fsp3) is 0.875. The summed E-state index contributed by atoms with van der Waals surface area (Å²) in [6.07, 6.45) is 0. The second kappa shape index (κ2) is 2.60. The van der Waals surface area contributed by atoms with Crippen LogP contribution in [0.5, 0.6) is 0 Å². The Hall–Kier alpha value is -0.280. The SMILES string of the molecule is CC1(C)C2CNC(C(N)=O)C21.Cl. The first-order valence-corrected chi connectivity index (χ1v) is 4.08. The third-order valence-electron chi connectivity index (χ3n) is 3.36. The molecule has 1 amide bonds. The molecular weight excluding hydrogens is 176 g/mol. The number of carbonyl (C=O) groups is 1. The quantitative estimate of drug-likeness (QED) is 0.618. The summed E-state index contributed by atoms with van der Waals surface area (Å²) in [7, 11) is 0. The number of halogens is 1. The van der Waals surface area contributed by atoms with Gasteiger partial charge in [0.25, 0.3) is 0 Å². The number of hydrogen-bond acceptors (Lipinski definition) is 2. The molecule has 0 spiro atoms. The van der Waals surface area contributed by atoms with Crippen molar-refractivity contribution in [1.82, 2.24) is 5.32 Å². The van der Waals surface area contributed by atoms with Crippen LogP contribution in [-0.4, -0.2) is 18.5 Å². The molecule has 2 rings (SSSR count). The van der Waals surface area contributed by atoms with Gasteiger partial charge in [-0.15, -0.1) is 12.4 Å². The third kappa shape index (κ3) is 1.04. The molecule has 2 fully saturated rings. The van der Waals surface area contributed by atoms with E-state index in [2.05, 4.69) is 19.2 Å². The zero-order chi connectivity index (χ0) is 8.22. The fourth-order valence-electron chi connectivity index (χ4n) is 2.50. The highest BCUT2D eigenvalue weighted by atomic mass is 35.5. The number of amides is 1. The zero-order valence-corrected chi connectivity index (χ0v) is 8.15. The monoisotopic (exact) mass is 190 g/mol. The average molecular weight is 191 g/mol. The van der Waals surface area contributed by atoms with Crippen LogP contribution in [0.4, 0.5) is 0 Å². The Morgan fingerprint density at radius 1 is 1.58 bits per heavy atom. The number of rotatable bonds is 1. The van der Waals surface area contributed by atoms with Crippen molar-refractivity contribution in [2.24, 2.45) is 23.0 Å². The predicted octanol–water partition coefficient (Wildman–Crippen LogP) is 0.137. The van der Waals surface area contributed by atoms with Gasteiger partial charge in [0.2, 0.25) is 5.91 Å². The van der Waals surface area contributed by atoms with Crippen LogP contribution in [0.1, 0.15) is 13.8 Å². The molecule has 1 aliphatic carbocycles. The molecular formula is C8H15ClN2O. The Morgan fingerprint density at radius 3 is 2.42 bits per heavy atom. The predicted molar refractivity (Wildman–Crippen MR) is 49.0 cm³/mol. The van der Waals surface area contributed by atoms with Gasteiger partial charge in [-0.2, -0.15) is 0 Å². The third-order valence-corrected chi connectivity index (χ3v) is 3.36. The van der Waals surface area contributed by atoms with Gasteiger partial charge in [-0.05, 0) is 23.8 Å². The number of primary amides is 1. The molecule has 3 unspecified atom stereocenters. The summed E-state index contributed by atoms with van der Waals surface area (Å²) in [5.74, 6) is 0.989. The number of carbonyl (C=O) groups excluding carboxylic acids is 1. The van der Waals surface area contributed by atoms with Gasteiger partial charge in [0.1, 0.15) is 0 Å². The van der Waals surface area contributed by atoms with E-state index in [1.54, 1.807) is 0 Å². The van der Waals surface area contributed by atoms with E-state index in [1.165, 1.54) is 0 Å². The normalized spacial score (nSPS) is 41.3. The Balaban J connectivity index is 0.000000720. The van der Waals surface area contributed by atoms with Crippen LogP contribution in [0.3, 0.4) is 0 Å². The zero-order valence-electron chi connectivity index (χ0n) is 7.33. The lowest BCUT2D eigenvalue weighted by Crippen LogP contribution is -2.41. The average Bonchev–Trinajstić information content (AvgIpc) is 2.34. The van der Waals surface area contributed by atoms with Crippen LogP contribution in [0.2, 0.25) is 0 Å². The maximum atomic E-state index is 10.9. The molecule has 1 heterocycles. The number of piperidine rings is 1. The molecule has 0 radical (unpaired) electrons. The molecule has 0 aromatic rings. The molecule has 1 saturated carbocycles. The summed E-state index contributed by atoms with van der Waals surface area (Å²) >= 11 is 0. The molecule has 3 N–H and O–H groups in total. The number of hydrogen-bond donors (Lipinski definition) is 2. The van der Waals surface area contributed by atoms with Crippen molar-refractivity contribution >= 4 is 18.3 Å². The van der Waals surface area contributed by atoms with Gasteiger partial charge >= 0.3 is 0 Å². The minimum absolute atomic E-state index is 0. The van der Waals surface area contributed by atoms with Crippen molar-refractivity contribution in [1.29, 1.82) is 0 Å². The van der Waals surface area contributed by atoms with Crippen molar-refractivity contribution < 1.29 is 4.79 Å². The van der Waals surface area contributed by atoms with Gasteiger partial charge in [-0.1, -0.05) is 13.8 Å². The smallest absolute Gasteiger partial charge is 0.234 e. The lowest BCUT2D eigenvalue weighted by atomic mass is 10.0. The molecule has 1 saturated heterocycles. The van der Waals surface area contributed by atoms with E-state index in [0.717, 1.165) is 6.54 Å². The summed E-state index contributed by atoms with van der Waals surface area (Å²) in [5.41, 5.74) is 5.59. The first kappa shape index (κ1) is 9.81. The topological polar surface area (TPSA) is 55.1 Å².